The fourth-order valence-electron chi connectivity index (χ4n) is 5.82. The molecule has 6 aromatic rings. The summed E-state index contributed by atoms with van der Waals surface area (Å²) in [5.74, 6) is -0.224. The third-order valence-electron chi connectivity index (χ3n) is 8.22. The molecule has 0 aliphatic carbocycles. The summed E-state index contributed by atoms with van der Waals surface area (Å²) < 4.78 is 20.0. The van der Waals surface area contributed by atoms with Gasteiger partial charge in [0, 0.05) is 66.0 Å². The number of nitrogens with zero attached hydrogens (tertiary/aromatic N) is 1. The highest BCUT2D eigenvalue weighted by atomic mass is 19.1. The number of halogens is 1. The van der Waals surface area contributed by atoms with Gasteiger partial charge < -0.3 is 19.6 Å². The van der Waals surface area contributed by atoms with Gasteiger partial charge in [0.15, 0.2) is 0 Å². The van der Waals surface area contributed by atoms with E-state index in [1.165, 1.54) is 17.7 Å². The van der Waals surface area contributed by atoms with Crippen LogP contribution >= 0.6 is 0 Å². The van der Waals surface area contributed by atoms with E-state index in [2.05, 4.69) is 65.9 Å². The minimum absolute atomic E-state index is 0.273. The first-order valence-electron chi connectivity index (χ1n) is 15.2. The maximum absolute atomic E-state index is 13.7. The van der Waals surface area contributed by atoms with Crippen molar-refractivity contribution in [2.24, 2.45) is 0 Å². The molecule has 1 amide bonds. The lowest BCUT2D eigenvalue weighted by Crippen LogP contribution is -2.18. The third-order valence-corrected chi connectivity index (χ3v) is 8.22. The van der Waals surface area contributed by atoms with Crippen LogP contribution in [-0.2, 0) is 6.42 Å². The molecule has 2 aromatic heterocycles. The summed E-state index contributed by atoms with van der Waals surface area (Å²) in [6.07, 6.45) is 7.47. The summed E-state index contributed by atoms with van der Waals surface area (Å²) in [5, 5.41) is 4.58. The topological polar surface area (TPSA) is 61.3 Å². The largest absolute Gasteiger partial charge is 0.455 e. The second-order valence-electron chi connectivity index (χ2n) is 11.6. The average Bonchev–Trinajstić information content (AvgIpc) is 3.67. The van der Waals surface area contributed by atoms with Crippen LogP contribution < -0.4 is 10.2 Å². The number of hydrogen-bond acceptors (Lipinski definition) is 3. The van der Waals surface area contributed by atoms with Crippen molar-refractivity contribution in [1.29, 1.82) is 0 Å². The Balaban J connectivity index is 1.40. The molecule has 0 unspecified atom stereocenters. The zero-order valence-electron chi connectivity index (χ0n) is 26.3. The number of aryl methyl sites for hydroxylation is 1. The highest BCUT2D eigenvalue weighted by Crippen LogP contribution is 2.41. The van der Waals surface area contributed by atoms with E-state index >= 15 is 0 Å². The zero-order chi connectivity index (χ0) is 32.4. The number of H-pyrrole nitrogens is 1. The van der Waals surface area contributed by atoms with Crippen LogP contribution in [0, 0.1) is 5.82 Å². The second-order valence-corrected chi connectivity index (χ2v) is 11.6. The Morgan fingerprint density at radius 1 is 0.978 bits per heavy atom. The maximum atomic E-state index is 13.7. The van der Waals surface area contributed by atoms with E-state index in [1.54, 1.807) is 25.3 Å². The smallest absolute Gasteiger partial charge is 0.255 e. The maximum Gasteiger partial charge on any atom is 0.255 e. The van der Waals surface area contributed by atoms with Crippen LogP contribution in [0.15, 0.2) is 126 Å². The van der Waals surface area contributed by atoms with Gasteiger partial charge in [0.2, 0.25) is 0 Å². The third kappa shape index (κ3) is 6.02. The Labute approximate surface area is 268 Å². The summed E-state index contributed by atoms with van der Waals surface area (Å²) >= 11 is 0. The number of amides is 1. The van der Waals surface area contributed by atoms with Gasteiger partial charge in [-0.05, 0) is 78.1 Å². The number of nitrogens with one attached hydrogen (secondary N) is 2. The molecule has 2 heterocycles. The first kappa shape index (κ1) is 30.4. The van der Waals surface area contributed by atoms with E-state index in [9.17, 15) is 9.18 Å². The SMILES string of the molecule is C=C/C=C\C(=C)CCc1ccc2cc(-c3cccc(-c4cc5c(C(=O)NC)c(-c6ccc(F)cc6)oc5cc4N(C)C)c3)[nH]c2c1. The Bertz CT molecular complexity index is 2130. The Morgan fingerprint density at radius 3 is 2.50 bits per heavy atom. The van der Waals surface area contributed by atoms with Crippen molar-refractivity contribution in [3.05, 3.63) is 139 Å². The molecule has 0 radical (unpaired) electrons. The fraction of sp³-hybridized carbons (Fsp3) is 0.125. The first-order chi connectivity index (χ1) is 22.2. The molecule has 0 bridgehead atoms. The normalized spacial score (nSPS) is 11.4. The average molecular weight is 610 g/mol. The molecule has 230 valence electrons. The van der Waals surface area contributed by atoms with E-state index in [0.717, 1.165) is 57.4 Å². The fourth-order valence-corrected chi connectivity index (χ4v) is 5.82. The quantitative estimate of drug-likeness (QED) is 0.152. The lowest BCUT2D eigenvalue weighted by atomic mass is 9.96. The number of carbonyl (C=O) groups excluding carboxylic acids is 1. The zero-order valence-corrected chi connectivity index (χ0v) is 26.3. The van der Waals surface area contributed by atoms with E-state index < -0.39 is 0 Å². The molecular formula is C40H36FN3O2. The molecule has 0 atom stereocenters. The minimum atomic E-state index is -0.354. The number of furan rings is 1. The van der Waals surface area contributed by atoms with E-state index in [-0.39, 0.29) is 11.7 Å². The first-order valence-corrected chi connectivity index (χ1v) is 15.2. The van der Waals surface area contributed by atoms with Gasteiger partial charge in [-0.2, -0.15) is 0 Å². The van der Waals surface area contributed by atoms with Crippen LogP contribution in [0.1, 0.15) is 22.3 Å². The number of anilines is 1. The lowest BCUT2D eigenvalue weighted by molar-refractivity contribution is 0.0964. The Morgan fingerprint density at radius 2 is 1.76 bits per heavy atom. The molecule has 6 heteroatoms. The number of benzene rings is 4. The monoisotopic (exact) mass is 609 g/mol. The summed E-state index contributed by atoms with van der Waals surface area (Å²) in [6.45, 7) is 7.86. The predicted molar refractivity (Wildman–Crippen MR) is 189 cm³/mol. The predicted octanol–water partition coefficient (Wildman–Crippen LogP) is 9.71. The molecule has 0 spiro atoms. The molecule has 0 saturated heterocycles. The molecule has 0 aliphatic heterocycles. The van der Waals surface area contributed by atoms with Crippen molar-refractivity contribution in [2.45, 2.75) is 12.8 Å². The summed E-state index contributed by atoms with van der Waals surface area (Å²) in [4.78, 5) is 18.9. The molecular weight excluding hydrogens is 573 g/mol. The van der Waals surface area contributed by atoms with Crippen LogP contribution in [-0.4, -0.2) is 32.0 Å². The van der Waals surface area contributed by atoms with Crippen molar-refractivity contribution in [2.75, 3.05) is 26.0 Å². The van der Waals surface area contributed by atoms with E-state index in [1.807, 2.05) is 49.3 Å². The van der Waals surface area contributed by atoms with Gasteiger partial charge in [-0.1, -0.05) is 67.3 Å². The van der Waals surface area contributed by atoms with Crippen LogP contribution in [0.4, 0.5) is 10.1 Å². The number of hydrogen-bond donors (Lipinski definition) is 2. The van der Waals surface area contributed by atoms with Crippen molar-refractivity contribution in [3.63, 3.8) is 0 Å². The standard InChI is InChI=1S/C40H36FN3O2/c1-6-7-9-25(2)12-13-26-14-15-30-22-35(43-34(30)20-26)29-11-8-10-28(21-29)32-23-33-37(24-36(32)44(4)5)46-39(38(33)40(45)42-3)27-16-18-31(41)19-17-27/h6-11,14-24,43H,1-2,12-13H2,3-5H3,(H,42,45)/b9-7-. The molecule has 2 N–H and O–H groups in total. The second kappa shape index (κ2) is 12.8. The summed E-state index contributed by atoms with van der Waals surface area (Å²) in [7, 11) is 5.56. The highest BCUT2D eigenvalue weighted by molar-refractivity contribution is 6.13. The van der Waals surface area contributed by atoms with Crippen LogP contribution in [0.25, 0.3) is 55.6 Å². The molecule has 0 aliphatic rings. The molecule has 46 heavy (non-hydrogen) atoms. The Hall–Kier alpha value is -5.62. The van der Waals surface area contributed by atoms with Crippen LogP contribution in [0.2, 0.25) is 0 Å². The van der Waals surface area contributed by atoms with Gasteiger partial charge in [0.05, 0.1) is 5.56 Å². The Kier molecular flexibility index (Phi) is 8.45. The van der Waals surface area contributed by atoms with Crippen LogP contribution in [0.5, 0.6) is 0 Å². The summed E-state index contributed by atoms with van der Waals surface area (Å²) in [5.41, 5.74) is 10.0. The molecule has 0 fully saturated rings. The van der Waals surface area contributed by atoms with Gasteiger partial charge >= 0.3 is 0 Å². The van der Waals surface area contributed by atoms with Crippen molar-refractivity contribution < 1.29 is 13.6 Å². The number of aromatic amines is 1. The number of carbonyl (C=O) groups is 1. The van der Waals surface area contributed by atoms with Gasteiger partial charge in [-0.25, -0.2) is 4.39 Å². The lowest BCUT2D eigenvalue weighted by Gasteiger charge is -2.18. The van der Waals surface area contributed by atoms with Crippen LogP contribution in [0.3, 0.4) is 0 Å². The van der Waals surface area contributed by atoms with Gasteiger partial charge in [-0.15, -0.1) is 0 Å². The van der Waals surface area contributed by atoms with E-state index in [4.69, 9.17) is 4.42 Å². The number of aromatic nitrogens is 1. The van der Waals surface area contributed by atoms with Gasteiger partial charge in [0.25, 0.3) is 5.91 Å². The summed E-state index contributed by atoms with van der Waals surface area (Å²) in [6, 6.07) is 27.1. The number of fused-ring (bicyclic) bond motifs is 2. The van der Waals surface area contributed by atoms with Gasteiger partial charge in [0.1, 0.15) is 17.2 Å². The highest BCUT2D eigenvalue weighted by Gasteiger charge is 2.24. The van der Waals surface area contributed by atoms with E-state index in [0.29, 0.717) is 27.9 Å². The number of rotatable bonds is 10. The molecule has 5 nitrogen and oxygen atoms in total. The van der Waals surface area contributed by atoms with Crippen molar-refractivity contribution >= 4 is 33.5 Å². The molecule has 6 rings (SSSR count). The number of allylic oxidation sites excluding steroid dienone is 4. The van der Waals surface area contributed by atoms with Crippen molar-refractivity contribution in [1.82, 2.24) is 10.3 Å². The molecule has 4 aromatic carbocycles. The molecule has 0 saturated carbocycles. The van der Waals surface area contributed by atoms with Crippen molar-refractivity contribution in [3.8, 4) is 33.7 Å². The minimum Gasteiger partial charge on any atom is -0.455 e. The van der Waals surface area contributed by atoms with Gasteiger partial charge in [-0.3, -0.25) is 4.79 Å².